The number of methoxy groups -OCH3 is 1. The second kappa shape index (κ2) is 7.23. The molecule has 0 spiro atoms. The molecule has 0 bridgehead atoms. The van der Waals surface area contributed by atoms with E-state index in [1.807, 2.05) is 47.4 Å². The third-order valence-electron chi connectivity index (χ3n) is 4.76. The minimum absolute atomic E-state index is 0.0288. The van der Waals surface area contributed by atoms with Gasteiger partial charge < -0.3 is 14.2 Å². The Balaban J connectivity index is 1.51. The minimum Gasteiger partial charge on any atom is -0.497 e. The summed E-state index contributed by atoms with van der Waals surface area (Å²) >= 11 is 0. The summed E-state index contributed by atoms with van der Waals surface area (Å²) in [5.74, 6) is 1.94. The molecule has 1 aliphatic rings. The summed E-state index contributed by atoms with van der Waals surface area (Å²) in [6.07, 6.45) is 1.08. The Bertz CT molecular complexity index is 949. The monoisotopic (exact) mass is 363 g/mol. The molecule has 138 valence electrons. The number of amides is 1. The van der Waals surface area contributed by atoms with Gasteiger partial charge in [0.15, 0.2) is 0 Å². The van der Waals surface area contributed by atoms with Crippen LogP contribution in [-0.4, -0.2) is 29.7 Å². The number of fused-ring (bicyclic) bond motifs is 1. The molecule has 1 aliphatic heterocycles. The number of benzene rings is 2. The van der Waals surface area contributed by atoms with Gasteiger partial charge in [0.05, 0.1) is 7.11 Å². The first kappa shape index (κ1) is 17.3. The highest BCUT2D eigenvalue weighted by Crippen LogP contribution is 2.30. The maximum Gasteiger partial charge on any atom is 0.236 e. The van der Waals surface area contributed by atoms with Gasteiger partial charge in [-0.1, -0.05) is 30.3 Å². The average molecular weight is 363 g/mol. The molecule has 2 aromatic carbocycles. The van der Waals surface area contributed by atoms with Crippen molar-refractivity contribution in [3.63, 3.8) is 0 Å². The standard InChI is InChI=1S/C21H21N3O3/c1-14-11-16-5-3-4-6-18(16)24(13-14)20(25)12-19-22-21(23-27-19)15-7-9-17(26-2)10-8-15/h3-10,14H,11-13H2,1-2H3. The van der Waals surface area contributed by atoms with E-state index in [0.29, 0.717) is 24.2 Å². The van der Waals surface area contributed by atoms with Crippen LogP contribution in [0.15, 0.2) is 53.1 Å². The van der Waals surface area contributed by atoms with Gasteiger partial charge in [0.25, 0.3) is 0 Å². The molecule has 27 heavy (non-hydrogen) atoms. The van der Waals surface area contributed by atoms with Crippen LogP contribution in [0.25, 0.3) is 11.4 Å². The fourth-order valence-corrected chi connectivity index (χ4v) is 3.44. The maximum atomic E-state index is 12.9. The molecule has 0 radical (unpaired) electrons. The fraction of sp³-hybridized carbons (Fsp3) is 0.286. The van der Waals surface area contributed by atoms with E-state index >= 15 is 0 Å². The van der Waals surface area contributed by atoms with Crippen LogP contribution in [-0.2, 0) is 17.6 Å². The first-order chi connectivity index (χ1) is 13.1. The zero-order valence-electron chi connectivity index (χ0n) is 15.4. The smallest absolute Gasteiger partial charge is 0.236 e. The quantitative estimate of drug-likeness (QED) is 0.709. The van der Waals surface area contributed by atoms with Crippen LogP contribution in [0.3, 0.4) is 0 Å². The normalized spacial score (nSPS) is 16.1. The summed E-state index contributed by atoms with van der Waals surface area (Å²) in [6, 6.07) is 15.4. The Morgan fingerprint density at radius 1 is 1.22 bits per heavy atom. The fourth-order valence-electron chi connectivity index (χ4n) is 3.44. The van der Waals surface area contributed by atoms with E-state index in [1.54, 1.807) is 7.11 Å². The van der Waals surface area contributed by atoms with E-state index in [1.165, 1.54) is 5.56 Å². The SMILES string of the molecule is COc1ccc(-c2noc(CC(=O)N3CC(C)Cc4ccccc43)n2)cc1. The van der Waals surface area contributed by atoms with Crippen molar-refractivity contribution in [1.29, 1.82) is 0 Å². The number of ether oxygens (including phenoxy) is 1. The highest BCUT2D eigenvalue weighted by Gasteiger charge is 2.27. The summed E-state index contributed by atoms with van der Waals surface area (Å²) in [5, 5.41) is 4.00. The Morgan fingerprint density at radius 3 is 2.78 bits per heavy atom. The molecule has 1 unspecified atom stereocenters. The van der Waals surface area contributed by atoms with Gasteiger partial charge in [-0.05, 0) is 48.2 Å². The molecule has 0 saturated heterocycles. The highest BCUT2D eigenvalue weighted by molar-refractivity contribution is 5.95. The molecular formula is C21H21N3O3. The Labute approximate surface area is 157 Å². The lowest BCUT2D eigenvalue weighted by Crippen LogP contribution is -2.40. The number of rotatable bonds is 4. The van der Waals surface area contributed by atoms with Gasteiger partial charge in [0.2, 0.25) is 17.6 Å². The highest BCUT2D eigenvalue weighted by atomic mass is 16.5. The molecule has 1 aromatic heterocycles. The Kier molecular flexibility index (Phi) is 4.62. The molecule has 4 rings (SSSR count). The number of para-hydroxylation sites is 1. The van der Waals surface area contributed by atoms with Gasteiger partial charge >= 0.3 is 0 Å². The largest absolute Gasteiger partial charge is 0.497 e. The van der Waals surface area contributed by atoms with Crippen molar-refractivity contribution in [2.45, 2.75) is 19.8 Å². The van der Waals surface area contributed by atoms with Crippen molar-refractivity contribution in [2.75, 3.05) is 18.6 Å². The molecule has 0 aliphatic carbocycles. The van der Waals surface area contributed by atoms with E-state index in [2.05, 4.69) is 23.1 Å². The van der Waals surface area contributed by atoms with Crippen LogP contribution in [0.1, 0.15) is 18.4 Å². The third-order valence-corrected chi connectivity index (χ3v) is 4.76. The van der Waals surface area contributed by atoms with Gasteiger partial charge in [-0.15, -0.1) is 0 Å². The van der Waals surface area contributed by atoms with Gasteiger partial charge in [-0.3, -0.25) is 4.79 Å². The van der Waals surface area contributed by atoms with Crippen LogP contribution in [0, 0.1) is 5.92 Å². The van der Waals surface area contributed by atoms with E-state index in [0.717, 1.165) is 23.4 Å². The van der Waals surface area contributed by atoms with Gasteiger partial charge in [-0.25, -0.2) is 0 Å². The first-order valence-corrected chi connectivity index (χ1v) is 8.99. The van der Waals surface area contributed by atoms with Crippen LogP contribution in [0.4, 0.5) is 5.69 Å². The second-order valence-electron chi connectivity index (χ2n) is 6.86. The number of anilines is 1. The molecule has 3 aromatic rings. The zero-order valence-corrected chi connectivity index (χ0v) is 15.4. The van der Waals surface area contributed by atoms with Gasteiger partial charge in [0, 0.05) is 17.8 Å². The lowest BCUT2D eigenvalue weighted by molar-refractivity contribution is -0.118. The molecule has 0 fully saturated rings. The number of aromatic nitrogens is 2. The van der Waals surface area contributed by atoms with Crippen LogP contribution < -0.4 is 9.64 Å². The van der Waals surface area contributed by atoms with Crippen molar-refractivity contribution in [2.24, 2.45) is 5.92 Å². The number of carbonyl (C=O) groups is 1. The van der Waals surface area contributed by atoms with E-state index in [-0.39, 0.29) is 12.3 Å². The van der Waals surface area contributed by atoms with Gasteiger partial charge in [-0.2, -0.15) is 4.98 Å². The van der Waals surface area contributed by atoms with E-state index in [4.69, 9.17) is 9.26 Å². The zero-order chi connectivity index (χ0) is 18.8. The predicted octanol–water partition coefficient (Wildman–Crippen LogP) is 3.51. The van der Waals surface area contributed by atoms with Crippen molar-refractivity contribution >= 4 is 11.6 Å². The van der Waals surface area contributed by atoms with Crippen molar-refractivity contribution in [3.8, 4) is 17.1 Å². The molecule has 1 atom stereocenters. The first-order valence-electron chi connectivity index (χ1n) is 8.99. The number of hydrogen-bond acceptors (Lipinski definition) is 5. The summed E-state index contributed by atoms with van der Waals surface area (Å²) in [7, 11) is 1.62. The third kappa shape index (κ3) is 3.56. The Hall–Kier alpha value is -3.15. The van der Waals surface area contributed by atoms with Crippen molar-refractivity contribution in [3.05, 3.63) is 60.0 Å². The lowest BCUT2D eigenvalue weighted by Gasteiger charge is -2.33. The van der Waals surface area contributed by atoms with Crippen LogP contribution in [0.5, 0.6) is 5.75 Å². The molecule has 0 saturated carbocycles. The summed E-state index contributed by atoms with van der Waals surface area (Å²) < 4.78 is 10.5. The lowest BCUT2D eigenvalue weighted by atomic mass is 9.93. The van der Waals surface area contributed by atoms with E-state index < -0.39 is 0 Å². The number of carbonyl (C=O) groups excluding carboxylic acids is 1. The molecule has 2 heterocycles. The van der Waals surface area contributed by atoms with Crippen molar-refractivity contribution < 1.29 is 14.1 Å². The van der Waals surface area contributed by atoms with Crippen molar-refractivity contribution in [1.82, 2.24) is 10.1 Å². The number of nitrogens with zero attached hydrogens (tertiary/aromatic N) is 3. The minimum atomic E-state index is -0.0288. The summed E-state index contributed by atoms with van der Waals surface area (Å²) in [4.78, 5) is 19.1. The summed E-state index contributed by atoms with van der Waals surface area (Å²) in [5.41, 5.74) is 3.00. The molecule has 6 nitrogen and oxygen atoms in total. The van der Waals surface area contributed by atoms with E-state index in [9.17, 15) is 4.79 Å². The Morgan fingerprint density at radius 2 is 2.00 bits per heavy atom. The molecule has 1 amide bonds. The molecular weight excluding hydrogens is 342 g/mol. The molecule has 0 N–H and O–H groups in total. The number of hydrogen-bond donors (Lipinski definition) is 0. The van der Waals surface area contributed by atoms with Crippen LogP contribution >= 0.6 is 0 Å². The summed E-state index contributed by atoms with van der Waals surface area (Å²) in [6.45, 7) is 2.86. The molecule has 6 heteroatoms. The average Bonchev–Trinajstić information content (AvgIpc) is 3.15. The van der Waals surface area contributed by atoms with Crippen LogP contribution in [0.2, 0.25) is 0 Å². The maximum absolute atomic E-state index is 12.9. The topological polar surface area (TPSA) is 68.5 Å². The second-order valence-corrected chi connectivity index (χ2v) is 6.86. The predicted molar refractivity (Wildman–Crippen MR) is 102 cm³/mol. The van der Waals surface area contributed by atoms with Gasteiger partial charge in [0.1, 0.15) is 12.2 Å².